The summed E-state index contributed by atoms with van der Waals surface area (Å²) in [6.45, 7) is 7.92. The molecule has 0 fully saturated rings. The van der Waals surface area contributed by atoms with Crippen molar-refractivity contribution in [3.05, 3.63) is 11.6 Å². The second-order valence-electron chi connectivity index (χ2n) is 4.72. The summed E-state index contributed by atoms with van der Waals surface area (Å²) in [5.74, 6) is 0.748. The molecule has 82 valence electrons. The van der Waals surface area contributed by atoms with Gasteiger partial charge in [0.05, 0.1) is 0 Å². The maximum Gasteiger partial charge on any atom is 0.0127 e. The van der Waals surface area contributed by atoms with Gasteiger partial charge in [0, 0.05) is 6.04 Å². The quantitative estimate of drug-likeness (QED) is 0.662. The third-order valence-electron chi connectivity index (χ3n) is 3.14. The van der Waals surface area contributed by atoms with Crippen molar-refractivity contribution in [1.29, 1.82) is 0 Å². The highest BCUT2D eigenvalue weighted by atomic mass is 14.9. The lowest BCUT2D eigenvalue weighted by Crippen LogP contribution is -2.34. The molecule has 0 aromatic rings. The third kappa shape index (κ3) is 3.83. The first-order valence-electron chi connectivity index (χ1n) is 6.15. The Labute approximate surface area is 89.0 Å². The van der Waals surface area contributed by atoms with Crippen LogP contribution in [0.15, 0.2) is 11.6 Å². The first kappa shape index (κ1) is 11.8. The van der Waals surface area contributed by atoms with Crippen molar-refractivity contribution in [3.8, 4) is 0 Å². The molecule has 0 saturated carbocycles. The van der Waals surface area contributed by atoms with Gasteiger partial charge in [0.25, 0.3) is 0 Å². The molecule has 1 aliphatic carbocycles. The lowest BCUT2D eigenvalue weighted by Gasteiger charge is -2.24. The van der Waals surface area contributed by atoms with E-state index in [9.17, 15) is 0 Å². The van der Waals surface area contributed by atoms with Crippen LogP contribution in [0.25, 0.3) is 0 Å². The topological polar surface area (TPSA) is 12.0 Å². The van der Waals surface area contributed by atoms with E-state index >= 15 is 0 Å². The van der Waals surface area contributed by atoms with Crippen molar-refractivity contribution >= 4 is 0 Å². The Morgan fingerprint density at radius 2 is 2.14 bits per heavy atom. The van der Waals surface area contributed by atoms with E-state index in [1.807, 2.05) is 0 Å². The molecule has 1 N–H and O–H groups in total. The number of rotatable bonds is 5. The van der Waals surface area contributed by atoms with Gasteiger partial charge in [-0.15, -0.1) is 0 Å². The minimum atomic E-state index is 0.685. The van der Waals surface area contributed by atoms with Crippen molar-refractivity contribution in [2.24, 2.45) is 5.92 Å². The summed E-state index contributed by atoms with van der Waals surface area (Å²) >= 11 is 0. The Hall–Kier alpha value is -0.300. The molecular weight excluding hydrogens is 170 g/mol. The third-order valence-corrected chi connectivity index (χ3v) is 3.14. The van der Waals surface area contributed by atoms with Crippen molar-refractivity contribution in [3.63, 3.8) is 0 Å². The van der Waals surface area contributed by atoms with Gasteiger partial charge in [0.2, 0.25) is 0 Å². The van der Waals surface area contributed by atoms with Gasteiger partial charge < -0.3 is 5.32 Å². The molecule has 0 bridgehead atoms. The fourth-order valence-electron chi connectivity index (χ4n) is 2.18. The van der Waals surface area contributed by atoms with Crippen LogP contribution >= 0.6 is 0 Å². The van der Waals surface area contributed by atoms with Gasteiger partial charge in [-0.1, -0.05) is 32.4 Å². The summed E-state index contributed by atoms with van der Waals surface area (Å²) in [6.07, 6.45) is 9.20. The smallest absolute Gasteiger partial charge is 0.0127 e. The summed E-state index contributed by atoms with van der Waals surface area (Å²) in [7, 11) is 0. The van der Waals surface area contributed by atoms with Gasteiger partial charge >= 0.3 is 0 Å². The molecule has 1 aliphatic rings. The lowest BCUT2D eigenvalue weighted by atomic mass is 9.90. The number of nitrogens with one attached hydrogen (secondary N) is 1. The van der Waals surface area contributed by atoms with E-state index in [1.54, 1.807) is 5.57 Å². The van der Waals surface area contributed by atoms with Gasteiger partial charge in [-0.2, -0.15) is 0 Å². The number of hydrogen-bond acceptors (Lipinski definition) is 1. The molecule has 0 amide bonds. The predicted molar refractivity (Wildman–Crippen MR) is 63.5 cm³/mol. The van der Waals surface area contributed by atoms with Gasteiger partial charge in [0.1, 0.15) is 0 Å². The number of hydrogen-bond donors (Lipinski definition) is 1. The zero-order valence-corrected chi connectivity index (χ0v) is 9.97. The van der Waals surface area contributed by atoms with E-state index in [-0.39, 0.29) is 0 Å². The zero-order valence-electron chi connectivity index (χ0n) is 9.97. The van der Waals surface area contributed by atoms with Crippen molar-refractivity contribution < 1.29 is 0 Å². The monoisotopic (exact) mass is 195 g/mol. The van der Waals surface area contributed by atoms with Crippen LogP contribution in [0.5, 0.6) is 0 Å². The van der Waals surface area contributed by atoms with Crippen molar-refractivity contribution in [2.45, 2.75) is 58.9 Å². The van der Waals surface area contributed by atoms with Crippen LogP contribution in [0.1, 0.15) is 52.9 Å². The Kier molecular flexibility index (Phi) is 5.24. The normalized spacial score (nSPS) is 19.6. The highest BCUT2D eigenvalue weighted by Gasteiger charge is 2.14. The first-order chi connectivity index (χ1) is 6.74. The van der Waals surface area contributed by atoms with Crippen LogP contribution in [-0.4, -0.2) is 12.6 Å². The molecule has 0 heterocycles. The van der Waals surface area contributed by atoms with Crippen LogP contribution in [0.2, 0.25) is 0 Å². The van der Waals surface area contributed by atoms with Gasteiger partial charge in [0.15, 0.2) is 0 Å². The molecule has 14 heavy (non-hydrogen) atoms. The van der Waals surface area contributed by atoms with E-state index < -0.39 is 0 Å². The summed E-state index contributed by atoms with van der Waals surface area (Å²) in [6, 6.07) is 0.685. The van der Waals surface area contributed by atoms with Crippen LogP contribution in [-0.2, 0) is 0 Å². The summed E-state index contributed by atoms with van der Waals surface area (Å²) in [5, 5.41) is 3.59. The second-order valence-corrected chi connectivity index (χ2v) is 4.72. The first-order valence-corrected chi connectivity index (χ1v) is 6.15. The minimum absolute atomic E-state index is 0.685. The molecule has 1 unspecified atom stereocenters. The van der Waals surface area contributed by atoms with E-state index in [4.69, 9.17) is 0 Å². The SMILES string of the molecule is CCNC(CC1=CCCCC1)C(C)C. The van der Waals surface area contributed by atoms with E-state index in [0.717, 1.165) is 12.5 Å². The maximum absolute atomic E-state index is 3.59. The molecule has 0 spiro atoms. The van der Waals surface area contributed by atoms with Crippen LogP contribution in [0.4, 0.5) is 0 Å². The highest BCUT2D eigenvalue weighted by Crippen LogP contribution is 2.23. The van der Waals surface area contributed by atoms with Gasteiger partial charge in [-0.3, -0.25) is 0 Å². The highest BCUT2D eigenvalue weighted by molar-refractivity contribution is 5.07. The molecular formula is C13H25N. The molecule has 0 radical (unpaired) electrons. The Bertz CT molecular complexity index is 182. The molecule has 0 aromatic carbocycles. The lowest BCUT2D eigenvalue weighted by molar-refractivity contribution is 0.398. The molecule has 1 nitrogen and oxygen atoms in total. The standard InChI is InChI=1S/C13H25N/c1-4-14-13(11(2)3)10-12-8-6-5-7-9-12/h8,11,13-14H,4-7,9-10H2,1-3H3. The molecule has 1 heteroatoms. The minimum Gasteiger partial charge on any atom is -0.314 e. The van der Waals surface area contributed by atoms with Crippen LogP contribution < -0.4 is 5.32 Å². The summed E-state index contributed by atoms with van der Waals surface area (Å²) in [4.78, 5) is 0. The van der Waals surface area contributed by atoms with Crippen LogP contribution in [0.3, 0.4) is 0 Å². The average Bonchev–Trinajstić information content (AvgIpc) is 2.18. The number of allylic oxidation sites excluding steroid dienone is 1. The Morgan fingerprint density at radius 1 is 1.36 bits per heavy atom. The fraction of sp³-hybridized carbons (Fsp3) is 0.846. The van der Waals surface area contributed by atoms with Crippen molar-refractivity contribution in [2.75, 3.05) is 6.54 Å². The van der Waals surface area contributed by atoms with E-state index in [2.05, 4.69) is 32.2 Å². The van der Waals surface area contributed by atoms with Crippen molar-refractivity contribution in [1.82, 2.24) is 5.32 Å². The van der Waals surface area contributed by atoms with E-state index in [1.165, 1.54) is 32.1 Å². The van der Waals surface area contributed by atoms with Crippen LogP contribution in [0, 0.1) is 5.92 Å². The average molecular weight is 195 g/mol. The summed E-state index contributed by atoms with van der Waals surface area (Å²) in [5.41, 5.74) is 1.69. The maximum atomic E-state index is 3.59. The molecule has 0 aliphatic heterocycles. The molecule has 0 aromatic heterocycles. The second kappa shape index (κ2) is 6.23. The zero-order chi connectivity index (χ0) is 10.4. The molecule has 1 rings (SSSR count). The molecule has 1 atom stereocenters. The summed E-state index contributed by atoms with van der Waals surface area (Å²) < 4.78 is 0. The van der Waals surface area contributed by atoms with E-state index in [0.29, 0.717) is 6.04 Å². The fourth-order valence-corrected chi connectivity index (χ4v) is 2.18. The Balaban J connectivity index is 2.41. The van der Waals surface area contributed by atoms with Gasteiger partial charge in [-0.25, -0.2) is 0 Å². The van der Waals surface area contributed by atoms with Gasteiger partial charge in [-0.05, 0) is 44.6 Å². The molecule has 0 saturated heterocycles. The largest absolute Gasteiger partial charge is 0.314 e. The Morgan fingerprint density at radius 3 is 2.64 bits per heavy atom. The predicted octanol–water partition coefficient (Wildman–Crippen LogP) is 3.51.